The molecule has 0 saturated heterocycles. The number of alkyl halides is 3. The average molecular weight is 306 g/mol. The van der Waals surface area contributed by atoms with Crippen LogP contribution in [0.3, 0.4) is 0 Å². The van der Waals surface area contributed by atoms with Gasteiger partial charge in [-0.25, -0.2) is 0 Å². The van der Waals surface area contributed by atoms with Crippen molar-refractivity contribution in [3.63, 3.8) is 0 Å². The molecule has 0 aromatic carbocycles. The minimum Gasteiger partial charge on any atom is -0.361 e. The molecule has 1 atom stereocenters. The molecule has 120 valence electrons. The Kier molecular flexibility index (Phi) is 5.07. The van der Waals surface area contributed by atoms with Crippen LogP contribution in [-0.4, -0.2) is 23.3 Å². The third-order valence-electron chi connectivity index (χ3n) is 3.07. The highest BCUT2D eigenvalue weighted by molar-refractivity contribution is 5.79. The fourth-order valence-corrected chi connectivity index (χ4v) is 2.02. The summed E-state index contributed by atoms with van der Waals surface area (Å²) in [5.41, 5.74) is 0.502. The van der Waals surface area contributed by atoms with Crippen LogP contribution < -0.4 is 5.32 Å². The Balaban J connectivity index is 2.78. The standard InChI is InChI=1S/C14H21F3N2O2/c1-8-10(9(2)21-19-8)6-12(20)18-11(14(15,16)17)7-13(3,4)5/h11H,6-7H2,1-5H3,(H,18,20)/t11-/m0/s1. The van der Waals surface area contributed by atoms with Gasteiger partial charge in [-0.05, 0) is 25.7 Å². The summed E-state index contributed by atoms with van der Waals surface area (Å²) < 4.78 is 43.9. The molecule has 1 aromatic heterocycles. The monoisotopic (exact) mass is 306 g/mol. The van der Waals surface area contributed by atoms with Crippen molar-refractivity contribution in [3.8, 4) is 0 Å². The minimum atomic E-state index is -4.47. The SMILES string of the molecule is Cc1noc(C)c1CC(=O)N[C@@H](CC(C)(C)C)C(F)(F)F. The van der Waals surface area contributed by atoms with E-state index in [0.717, 1.165) is 0 Å². The predicted molar refractivity (Wildman–Crippen MR) is 71.7 cm³/mol. The van der Waals surface area contributed by atoms with Gasteiger partial charge in [0.15, 0.2) is 0 Å². The van der Waals surface area contributed by atoms with Gasteiger partial charge in [0.2, 0.25) is 5.91 Å². The molecule has 21 heavy (non-hydrogen) atoms. The van der Waals surface area contributed by atoms with E-state index >= 15 is 0 Å². The first-order valence-corrected chi connectivity index (χ1v) is 6.68. The number of nitrogens with zero attached hydrogens (tertiary/aromatic N) is 1. The van der Waals surface area contributed by atoms with Crippen LogP contribution in [0.4, 0.5) is 13.2 Å². The summed E-state index contributed by atoms with van der Waals surface area (Å²) in [7, 11) is 0. The second-order valence-corrected chi connectivity index (χ2v) is 6.41. The van der Waals surface area contributed by atoms with Gasteiger partial charge in [-0.2, -0.15) is 13.2 Å². The molecule has 0 radical (unpaired) electrons. The van der Waals surface area contributed by atoms with Crippen molar-refractivity contribution in [3.05, 3.63) is 17.0 Å². The molecule has 1 aromatic rings. The van der Waals surface area contributed by atoms with Crippen LogP contribution in [0.5, 0.6) is 0 Å². The van der Waals surface area contributed by atoms with Crippen molar-refractivity contribution in [1.82, 2.24) is 10.5 Å². The number of halogens is 3. The highest BCUT2D eigenvalue weighted by Gasteiger charge is 2.42. The zero-order chi connectivity index (χ0) is 16.4. The molecule has 0 aliphatic carbocycles. The van der Waals surface area contributed by atoms with Crippen LogP contribution in [0.15, 0.2) is 4.52 Å². The van der Waals surface area contributed by atoms with Gasteiger partial charge >= 0.3 is 6.18 Å². The molecule has 0 spiro atoms. The second-order valence-electron chi connectivity index (χ2n) is 6.41. The Morgan fingerprint density at radius 3 is 2.24 bits per heavy atom. The van der Waals surface area contributed by atoms with Gasteiger partial charge in [0.05, 0.1) is 12.1 Å². The Morgan fingerprint density at radius 1 is 1.29 bits per heavy atom. The first-order valence-electron chi connectivity index (χ1n) is 6.68. The van der Waals surface area contributed by atoms with E-state index in [0.29, 0.717) is 17.0 Å². The Labute approximate surface area is 122 Å². The fraction of sp³-hybridized carbons (Fsp3) is 0.714. The highest BCUT2D eigenvalue weighted by Crippen LogP contribution is 2.30. The topological polar surface area (TPSA) is 55.1 Å². The summed E-state index contributed by atoms with van der Waals surface area (Å²) in [6, 6.07) is -1.86. The quantitative estimate of drug-likeness (QED) is 0.928. The van der Waals surface area contributed by atoms with Crippen molar-refractivity contribution in [2.24, 2.45) is 5.41 Å². The summed E-state index contributed by atoms with van der Waals surface area (Å²) in [4.78, 5) is 11.9. The van der Waals surface area contributed by atoms with Gasteiger partial charge in [0.1, 0.15) is 11.8 Å². The number of carbonyl (C=O) groups excluding carboxylic acids is 1. The van der Waals surface area contributed by atoms with Gasteiger partial charge in [-0.15, -0.1) is 0 Å². The molecule has 1 amide bonds. The van der Waals surface area contributed by atoms with Crippen molar-refractivity contribution in [2.45, 2.75) is 59.7 Å². The number of hydrogen-bond donors (Lipinski definition) is 1. The molecular formula is C14H21F3N2O2. The molecule has 1 rings (SSSR count). The Hall–Kier alpha value is -1.53. The lowest BCUT2D eigenvalue weighted by Gasteiger charge is -2.28. The molecular weight excluding hydrogens is 285 g/mol. The maximum atomic E-state index is 13.0. The van der Waals surface area contributed by atoms with Crippen LogP contribution in [-0.2, 0) is 11.2 Å². The van der Waals surface area contributed by atoms with E-state index in [1.54, 1.807) is 34.6 Å². The number of aromatic nitrogens is 1. The first-order chi connectivity index (χ1) is 9.40. The smallest absolute Gasteiger partial charge is 0.361 e. The van der Waals surface area contributed by atoms with Crippen LogP contribution in [0.1, 0.15) is 44.2 Å². The highest BCUT2D eigenvalue weighted by atomic mass is 19.4. The van der Waals surface area contributed by atoms with Gasteiger partial charge in [0.25, 0.3) is 0 Å². The number of carbonyl (C=O) groups is 1. The summed E-state index contributed by atoms with van der Waals surface area (Å²) in [5.74, 6) is -0.238. The van der Waals surface area contributed by atoms with E-state index in [9.17, 15) is 18.0 Å². The molecule has 1 N–H and O–H groups in total. The summed E-state index contributed by atoms with van der Waals surface area (Å²) in [6.45, 7) is 8.37. The molecule has 0 aliphatic rings. The van der Waals surface area contributed by atoms with Gasteiger partial charge in [0, 0.05) is 5.56 Å². The lowest BCUT2D eigenvalue weighted by Crippen LogP contribution is -2.47. The third-order valence-corrected chi connectivity index (χ3v) is 3.07. The van der Waals surface area contributed by atoms with E-state index in [1.165, 1.54) is 0 Å². The largest absolute Gasteiger partial charge is 0.408 e. The maximum absolute atomic E-state index is 13.0. The van der Waals surface area contributed by atoms with Gasteiger partial charge in [-0.3, -0.25) is 4.79 Å². The number of hydrogen-bond acceptors (Lipinski definition) is 3. The Morgan fingerprint density at radius 2 is 1.86 bits per heavy atom. The van der Waals surface area contributed by atoms with E-state index in [-0.39, 0.29) is 12.8 Å². The number of amides is 1. The summed E-state index contributed by atoms with van der Waals surface area (Å²) in [5, 5.41) is 5.75. The zero-order valence-electron chi connectivity index (χ0n) is 12.9. The molecule has 0 fully saturated rings. The van der Waals surface area contributed by atoms with Crippen molar-refractivity contribution in [1.29, 1.82) is 0 Å². The van der Waals surface area contributed by atoms with Crippen molar-refractivity contribution >= 4 is 5.91 Å². The fourth-order valence-electron chi connectivity index (χ4n) is 2.02. The number of rotatable bonds is 4. The summed E-state index contributed by atoms with van der Waals surface area (Å²) in [6.07, 6.45) is -4.82. The average Bonchev–Trinajstić information content (AvgIpc) is 2.57. The third kappa shape index (κ3) is 5.40. The van der Waals surface area contributed by atoms with Crippen molar-refractivity contribution < 1.29 is 22.5 Å². The van der Waals surface area contributed by atoms with E-state index in [4.69, 9.17) is 4.52 Å². The molecule has 0 saturated carbocycles. The predicted octanol–water partition coefficient (Wildman–Crippen LogP) is 3.32. The van der Waals surface area contributed by atoms with Crippen molar-refractivity contribution in [2.75, 3.05) is 0 Å². The second kappa shape index (κ2) is 6.07. The molecule has 7 heteroatoms. The Bertz CT molecular complexity index is 482. The molecule has 0 bridgehead atoms. The molecule has 4 nitrogen and oxygen atoms in total. The normalized spacial score (nSPS) is 14.1. The van der Waals surface area contributed by atoms with Gasteiger partial charge < -0.3 is 9.84 Å². The van der Waals surface area contributed by atoms with Crippen LogP contribution in [0, 0.1) is 19.3 Å². The van der Waals surface area contributed by atoms with Crippen LogP contribution in [0.2, 0.25) is 0 Å². The lowest BCUT2D eigenvalue weighted by molar-refractivity contribution is -0.166. The molecule has 0 aliphatic heterocycles. The first kappa shape index (κ1) is 17.5. The molecule has 1 heterocycles. The maximum Gasteiger partial charge on any atom is 0.408 e. The number of nitrogens with one attached hydrogen (secondary N) is 1. The van der Waals surface area contributed by atoms with Crippen LogP contribution in [0.25, 0.3) is 0 Å². The number of aryl methyl sites for hydroxylation is 2. The zero-order valence-corrected chi connectivity index (χ0v) is 12.9. The van der Waals surface area contributed by atoms with E-state index < -0.39 is 23.5 Å². The lowest BCUT2D eigenvalue weighted by atomic mass is 9.87. The minimum absolute atomic E-state index is 0.169. The van der Waals surface area contributed by atoms with Gasteiger partial charge in [-0.1, -0.05) is 25.9 Å². The molecule has 0 unspecified atom stereocenters. The summed E-state index contributed by atoms with van der Waals surface area (Å²) >= 11 is 0. The van der Waals surface area contributed by atoms with E-state index in [1.807, 2.05) is 0 Å². The van der Waals surface area contributed by atoms with Crippen LogP contribution >= 0.6 is 0 Å². The van der Waals surface area contributed by atoms with E-state index in [2.05, 4.69) is 10.5 Å².